The van der Waals surface area contributed by atoms with E-state index >= 15 is 0 Å². The topological polar surface area (TPSA) is 0 Å². The smallest absolute Gasteiger partial charge is 0.0794 e. The van der Waals surface area contributed by atoms with Crippen molar-refractivity contribution >= 4 is 14.8 Å². The summed E-state index contributed by atoms with van der Waals surface area (Å²) in [5.41, 5.74) is 1.20. The van der Waals surface area contributed by atoms with Crippen LogP contribution < -0.4 is 0 Å². The fourth-order valence-electron chi connectivity index (χ4n) is 8.47. The molecule has 0 heterocycles. The third-order valence-corrected chi connectivity index (χ3v) is 11.3. The molecule has 170 valence electrons. The Morgan fingerprint density at radius 2 is 0.967 bits per heavy atom. The molecule has 4 heteroatoms. The van der Waals surface area contributed by atoms with Gasteiger partial charge >= 0.3 is 0 Å². The van der Waals surface area contributed by atoms with Crippen LogP contribution in [0.4, 0.5) is 0 Å². The fraction of sp³-hybridized carbons (Fsp3) is 1.00. The zero-order valence-corrected chi connectivity index (χ0v) is 21.9. The van der Waals surface area contributed by atoms with Crippen LogP contribution >= 0.6 is 0 Å². The van der Waals surface area contributed by atoms with Crippen LogP contribution in [-0.2, 0) is 0 Å². The third-order valence-electron chi connectivity index (χ3n) is 11.3. The standard InChI is InChI=1S/C26H50B2N2/c1-17-21-13-19(25(21,3)4)15-23(17)27-29(7,8)11-12-30(9,10)28-24-16-20-14-22(18(24)2)26(20,5)6/h17-24H,11-16H2,1-10H3/t17-,18-,19?,20?,21?,22?,23-,24-/m1/s1. The molecule has 4 bridgehead atoms. The molecule has 4 radical (unpaired) electrons. The van der Waals surface area contributed by atoms with Gasteiger partial charge in [-0.15, -0.1) is 0 Å². The summed E-state index contributed by atoms with van der Waals surface area (Å²) >= 11 is 0. The molecular weight excluding hydrogens is 362 g/mol. The second-order valence-corrected chi connectivity index (χ2v) is 14.5. The quantitative estimate of drug-likeness (QED) is 0.494. The summed E-state index contributed by atoms with van der Waals surface area (Å²) in [6.45, 7) is 17.6. The summed E-state index contributed by atoms with van der Waals surface area (Å²) in [6.07, 6.45) is 5.83. The maximum Gasteiger partial charge on any atom is 0.0794 e. The second-order valence-electron chi connectivity index (χ2n) is 14.5. The summed E-state index contributed by atoms with van der Waals surface area (Å²) in [5.74, 6) is 7.15. The molecule has 0 aromatic rings. The van der Waals surface area contributed by atoms with Gasteiger partial charge in [-0.05, 0) is 62.2 Å². The van der Waals surface area contributed by atoms with Crippen molar-refractivity contribution in [3.05, 3.63) is 0 Å². The molecule has 0 N–H and O–H groups in total. The minimum atomic E-state index is 0.598. The van der Waals surface area contributed by atoms with Crippen LogP contribution in [0.3, 0.4) is 0 Å². The minimum absolute atomic E-state index is 0.598. The summed E-state index contributed by atoms with van der Waals surface area (Å²) in [6, 6.07) is 0. The van der Waals surface area contributed by atoms with Crippen LogP contribution in [0.15, 0.2) is 0 Å². The lowest BCUT2D eigenvalue weighted by atomic mass is 9.39. The normalized spacial score (nSPS) is 44.2. The van der Waals surface area contributed by atoms with Crippen molar-refractivity contribution in [1.29, 1.82) is 0 Å². The van der Waals surface area contributed by atoms with Crippen LogP contribution in [-0.4, -0.2) is 64.9 Å². The van der Waals surface area contributed by atoms with Crippen molar-refractivity contribution in [2.24, 2.45) is 46.3 Å². The van der Waals surface area contributed by atoms with E-state index in [1.54, 1.807) is 0 Å². The van der Waals surface area contributed by atoms with Gasteiger partial charge in [-0.3, -0.25) is 0 Å². The second kappa shape index (κ2) is 7.28. The molecular formula is C26H50B2N2. The Bertz CT molecular complexity index is 599. The van der Waals surface area contributed by atoms with E-state index in [0.717, 1.165) is 55.9 Å². The Morgan fingerprint density at radius 1 is 0.633 bits per heavy atom. The zero-order chi connectivity index (χ0) is 22.3. The number of nitrogens with zero attached hydrogens (tertiary/aromatic N) is 2. The molecule has 6 fully saturated rings. The van der Waals surface area contributed by atoms with Gasteiger partial charge in [-0.25, -0.2) is 0 Å². The first-order valence-corrected chi connectivity index (χ1v) is 13.0. The molecule has 30 heavy (non-hydrogen) atoms. The highest BCUT2D eigenvalue weighted by atomic mass is 15.3. The van der Waals surface area contributed by atoms with Crippen LogP contribution in [0.5, 0.6) is 0 Å². The van der Waals surface area contributed by atoms with Crippen molar-refractivity contribution in [1.82, 2.24) is 0 Å². The lowest BCUT2D eigenvalue weighted by Gasteiger charge is -2.66. The SMILES string of the molecule is C[C@@H]1C2CC(C[C@H]1[B-][N+](C)(C)CC[N+](C)(C)[B-][C@@H]1CC3CC([C@H]1C)C3(C)C)C2(C)C. The predicted octanol–water partition coefficient (Wildman–Crippen LogP) is 5.36. The van der Waals surface area contributed by atoms with Gasteiger partial charge in [0.1, 0.15) is 0 Å². The monoisotopic (exact) mass is 412 g/mol. The van der Waals surface area contributed by atoms with Gasteiger partial charge in [0.05, 0.1) is 13.1 Å². The largest absolute Gasteiger partial charge is 0.560 e. The highest BCUT2D eigenvalue weighted by Gasteiger charge is 2.55. The van der Waals surface area contributed by atoms with E-state index in [2.05, 4.69) is 84.6 Å². The molecule has 0 aliphatic heterocycles. The number of hydrogen-bond donors (Lipinski definition) is 0. The Balaban J connectivity index is 1.28. The molecule has 6 aliphatic rings. The van der Waals surface area contributed by atoms with Crippen molar-refractivity contribution in [3.8, 4) is 0 Å². The molecule has 0 spiro atoms. The Labute approximate surface area is 190 Å². The molecule has 0 aromatic heterocycles. The number of quaternary nitrogens is 2. The molecule has 2 nitrogen and oxygen atoms in total. The number of likely N-dealkylation sites (N-methyl/N-ethyl adjacent to an activating group) is 2. The van der Waals surface area contributed by atoms with E-state index in [-0.39, 0.29) is 0 Å². The van der Waals surface area contributed by atoms with Gasteiger partial charge in [0, 0.05) is 28.2 Å². The first-order valence-electron chi connectivity index (χ1n) is 13.0. The average Bonchev–Trinajstić information content (AvgIpc) is 2.62. The average molecular weight is 412 g/mol. The summed E-state index contributed by atoms with van der Waals surface area (Å²) in [7, 11) is 15.2. The van der Waals surface area contributed by atoms with E-state index in [0.29, 0.717) is 10.8 Å². The number of rotatable bonds is 7. The molecule has 8 atom stereocenters. The van der Waals surface area contributed by atoms with E-state index in [1.165, 1.54) is 38.8 Å². The summed E-state index contributed by atoms with van der Waals surface area (Å²) < 4.78 is 2.14. The lowest BCUT2D eigenvalue weighted by molar-refractivity contribution is -0.841. The highest BCUT2D eigenvalue weighted by molar-refractivity contribution is 6.29. The van der Waals surface area contributed by atoms with Crippen LogP contribution in [0.25, 0.3) is 0 Å². The fourth-order valence-corrected chi connectivity index (χ4v) is 8.47. The number of hydrogen-bond acceptors (Lipinski definition) is 0. The number of fused-ring (bicyclic) bond motifs is 4. The maximum atomic E-state index is 2.72. The highest BCUT2D eigenvalue weighted by Crippen LogP contribution is 2.65. The van der Waals surface area contributed by atoms with Gasteiger partial charge < -0.3 is 8.79 Å². The zero-order valence-electron chi connectivity index (χ0n) is 21.9. The van der Waals surface area contributed by atoms with Crippen molar-refractivity contribution in [2.75, 3.05) is 41.3 Å². The summed E-state index contributed by atoms with van der Waals surface area (Å²) in [5, 5.41) is 0. The van der Waals surface area contributed by atoms with Crippen LogP contribution in [0.2, 0.25) is 11.6 Å². The lowest BCUT2D eigenvalue weighted by Crippen LogP contribution is -2.60. The molecule has 0 saturated heterocycles. The van der Waals surface area contributed by atoms with Gasteiger partial charge in [0.25, 0.3) is 0 Å². The molecule has 0 amide bonds. The summed E-state index contributed by atoms with van der Waals surface area (Å²) in [4.78, 5) is 0. The first-order chi connectivity index (χ1) is 13.6. The minimum Gasteiger partial charge on any atom is -0.560 e. The maximum absolute atomic E-state index is 2.72. The molecule has 6 saturated carbocycles. The Kier molecular flexibility index (Phi) is 5.63. The van der Waals surface area contributed by atoms with E-state index in [4.69, 9.17) is 0 Å². The van der Waals surface area contributed by atoms with Gasteiger partial charge in [-0.2, -0.15) is 11.6 Å². The molecule has 6 aliphatic carbocycles. The third kappa shape index (κ3) is 3.85. The van der Waals surface area contributed by atoms with Gasteiger partial charge in [0.15, 0.2) is 0 Å². The van der Waals surface area contributed by atoms with Crippen LogP contribution in [0.1, 0.15) is 67.2 Å². The predicted molar refractivity (Wildman–Crippen MR) is 131 cm³/mol. The Morgan fingerprint density at radius 3 is 1.23 bits per heavy atom. The van der Waals surface area contributed by atoms with E-state index in [9.17, 15) is 0 Å². The van der Waals surface area contributed by atoms with Crippen molar-refractivity contribution in [3.63, 3.8) is 0 Å². The van der Waals surface area contributed by atoms with Crippen molar-refractivity contribution in [2.45, 2.75) is 78.9 Å². The molecule has 4 unspecified atom stereocenters. The molecule has 6 rings (SSSR count). The van der Waals surface area contributed by atoms with E-state index < -0.39 is 0 Å². The van der Waals surface area contributed by atoms with E-state index in [1.807, 2.05) is 0 Å². The van der Waals surface area contributed by atoms with Gasteiger partial charge in [-0.1, -0.05) is 66.2 Å². The van der Waals surface area contributed by atoms with Gasteiger partial charge in [0.2, 0.25) is 0 Å². The molecule has 0 aromatic carbocycles. The Hall–Kier alpha value is 0.0499. The first kappa shape index (κ1) is 23.2. The van der Waals surface area contributed by atoms with Crippen molar-refractivity contribution < 1.29 is 8.79 Å². The van der Waals surface area contributed by atoms with Crippen LogP contribution in [0, 0.1) is 46.3 Å².